The second-order valence-electron chi connectivity index (χ2n) is 5.93. The standard InChI is InChI=1S/C16H25BrN2O/c1-3-9-19-11-13(17)10-15(19)16(20)18-14-8-6-4-5-7-12(14)2/h10-12,14H,3-9H2,1-2H3,(H,18,20). The first kappa shape index (κ1) is 15.6. The third kappa shape index (κ3) is 3.87. The molecule has 1 aliphatic carbocycles. The first-order chi connectivity index (χ1) is 9.61. The molecule has 1 aliphatic rings. The molecule has 0 bridgehead atoms. The van der Waals surface area contributed by atoms with E-state index in [1.54, 1.807) is 0 Å². The highest BCUT2D eigenvalue weighted by Gasteiger charge is 2.23. The fourth-order valence-corrected chi connectivity index (χ4v) is 3.50. The van der Waals surface area contributed by atoms with Crippen molar-refractivity contribution >= 4 is 21.8 Å². The maximum absolute atomic E-state index is 12.5. The molecule has 1 fully saturated rings. The summed E-state index contributed by atoms with van der Waals surface area (Å²) in [6.45, 7) is 5.27. The Morgan fingerprint density at radius 3 is 2.90 bits per heavy atom. The van der Waals surface area contributed by atoms with Crippen molar-refractivity contribution < 1.29 is 4.79 Å². The van der Waals surface area contributed by atoms with E-state index in [1.165, 1.54) is 25.7 Å². The molecular weight excluding hydrogens is 316 g/mol. The van der Waals surface area contributed by atoms with Gasteiger partial charge in [0.2, 0.25) is 0 Å². The maximum atomic E-state index is 12.5. The van der Waals surface area contributed by atoms with E-state index in [-0.39, 0.29) is 5.91 Å². The molecule has 0 radical (unpaired) electrons. The molecule has 0 aromatic carbocycles. The van der Waals surface area contributed by atoms with Crippen LogP contribution in [0.5, 0.6) is 0 Å². The van der Waals surface area contributed by atoms with Crippen LogP contribution in [0, 0.1) is 5.92 Å². The molecular formula is C16H25BrN2O. The third-order valence-electron chi connectivity index (χ3n) is 4.24. The van der Waals surface area contributed by atoms with Crippen molar-refractivity contribution in [2.45, 2.75) is 65.0 Å². The zero-order valence-electron chi connectivity index (χ0n) is 12.5. The molecule has 4 heteroatoms. The number of aromatic nitrogens is 1. The summed E-state index contributed by atoms with van der Waals surface area (Å²) in [7, 11) is 0. The highest BCUT2D eigenvalue weighted by molar-refractivity contribution is 9.10. The topological polar surface area (TPSA) is 34.0 Å². The van der Waals surface area contributed by atoms with Crippen LogP contribution >= 0.6 is 15.9 Å². The zero-order valence-corrected chi connectivity index (χ0v) is 14.1. The Labute approximate surface area is 130 Å². The van der Waals surface area contributed by atoms with E-state index in [0.29, 0.717) is 12.0 Å². The van der Waals surface area contributed by atoms with Crippen molar-refractivity contribution in [2.24, 2.45) is 5.92 Å². The molecule has 112 valence electrons. The molecule has 3 nitrogen and oxygen atoms in total. The van der Waals surface area contributed by atoms with Crippen molar-refractivity contribution in [1.82, 2.24) is 9.88 Å². The van der Waals surface area contributed by atoms with Crippen molar-refractivity contribution in [3.8, 4) is 0 Å². The summed E-state index contributed by atoms with van der Waals surface area (Å²) in [5.41, 5.74) is 0.773. The minimum Gasteiger partial charge on any atom is -0.348 e. The summed E-state index contributed by atoms with van der Waals surface area (Å²) in [6, 6.07) is 2.25. The monoisotopic (exact) mass is 340 g/mol. The van der Waals surface area contributed by atoms with Crippen LogP contribution in [0.25, 0.3) is 0 Å². The van der Waals surface area contributed by atoms with E-state index in [0.717, 1.165) is 29.6 Å². The van der Waals surface area contributed by atoms with E-state index in [9.17, 15) is 4.79 Å². The van der Waals surface area contributed by atoms with Crippen LogP contribution in [0.15, 0.2) is 16.7 Å². The summed E-state index contributed by atoms with van der Waals surface area (Å²) in [5.74, 6) is 0.655. The molecule has 1 aromatic rings. The molecule has 1 heterocycles. The van der Waals surface area contributed by atoms with E-state index in [1.807, 2.05) is 16.8 Å². The van der Waals surface area contributed by atoms with Gasteiger partial charge in [0.15, 0.2) is 0 Å². The quantitative estimate of drug-likeness (QED) is 0.811. The number of rotatable bonds is 4. The summed E-state index contributed by atoms with van der Waals surface area (Å²) >= 11 is 3.47. The number of hydrogen-bond acceptors (Lipinski definition) is 1. The molecule has 1 N–H and O–H groups in total. The van der Waals surface area contributed by atoms with Gasteiger partial charge in [0.25, 0.3) is 5.91 Å². The SMILES string of the molecule is CCCn1cc(Br)cc1C(=O)NC1CCCCCC1C. The first-order valence-corrected chi connectivity index (χ1v) is 8.57. The van der Waals surface area contributed by atoms with Crippen LogP contribution in [0.4, 0.5) is 0 Å². The predicted molar refractivity (Wildman–Crippen MR) is 85.9 cm³/mol. The Morgan fingerprint density at radius 1 is 1.40 bits per heavy atom. The van der Waals surface area contributed by atoms with Crippen LogP contribution in [0.2, 0.25) is 0 Å². The minimum atomic E-state index is 0.0721. The highest BCUT2D eigenvalue weighted by atomic mass is 79.9. The second kappa shape index (κ2) is 7.30. The van der Waals surface area contributed by atoms with Crippen molar-refractivity contribution in [3.63, 3.8) is 0 Å². The van der Waals surface area contributed by atoms with Crippen LogP contribution < -0.4 is 5.32 Å². The zero-order chi connectivity index (χ0) is 14.5. The smallest absolute Gasteiger partial charge is 0.268 e. The summed E-state index contributed by atoms with van der Waals surface area (Å²) in [5, 5.41) is 3.26. The van der Waals surface area contributed by atoms with Gasteiger partial charge >= 0.3 is 0 Å². The summed E-state index contributed by atoms with van der Waals surface area (Å²) in [4.78, 5) is 12.5. The van der Waals surface area contributed by atoms with Crippen molar-refractivity contribution in [2.75, 3.05) is 0 Å². The second-order valence-corrected chi connectivity index (χ2v) is 6.85. The predicted octanol–water partition coefficient (Wildman–Crippen LogP) is 4.36. The van der Waals surface area contributed by atoms with Gasteiger partial charge in [-0.3, -0.25) is 4.79 Å². The van der Waals surface area contributed by atoms with Gasteiger partial charge in [0.05, 0.1) is 0 Å². The average molecular weight is 341 g/mol. The number of aryl methyl sites for hydroxylation is 1. The third-order valence-corrected chi connectivity index (χ3v) is 4.67. The van der Waals surface area contributed by atoms with Crippen LogP contribution in [-0.2, 0) is 6.54 Å². The van der Waals surface area contributed by atoms with E-state index >= 15 is 0 Å². The molecule has 2 atom stereocenters. The number of halogens is 1. The molecule has 1 saturated carbocycles. The lowest BCUT2D eigenvalue weighted by molar-refractivity contribution is 0.0912. The van der Waals surface area contributed by atoms with Gasteiger partial charge in [-0.1, -0.05) is 33.1 Å². The largest absolute Gasteiger partial charge is 0.348 e. The number of nitrogens with one attached hydrogen (secondary N) is 1. The highest BCUT2D eigenvalue weighted by Crippen LogP contribution is 2.24. The lowest BCUT2D eigenvalue weighted by atomic mass is 9.97. The minimum absolute atomic E-state index is 0.0721. The maximum Gasteiger partial charge on any atom is 0.268 e. The van der Waals surface area contributed by atoms with E-state index < -0.39 is 0 Å². The van der Waals surface area contributed by atoms with Crippen molar-refractivity contribution in [3.05, 3.63) is 22.4 Å². The van der Waals surface area contributed by atoms with Crippen LogP contribution in [-0.4, -0.2) is 16.5 Å². The van der Waals surface area contributed by atoms with Crippen LogP contribution in [0.1, 0.15) is 62.9 Å². The van der Waals surface area contributed by atoms with Gasteiger partial charge in [-0.05, 0) is 47.2 Å². The van der Waals surface area contributed by atoms with Gasteiger partial charge in [0.1, 0.15) is 5.69 Å². The molecule has 2 unspecified atom stereocenters. The summed E-state index contributed by atoms with van der Waals surface area (Å²) < 4.78 is 3.02. The molecule has 0 spiro atoms. The Kier molecular flexibility index (Phi) is 5.70. The fraction of sp³-hybridized carbons (Fsp3) is 0.688. The average Bonchev–Trinajstić information content (AvgIpc) is 2.66. The van der Waals surface area contributed by atoms with Gasteiger partial charge in [-0.15, -0.1) is 0 Å². The van der Waals surface area contributed by atoms with Gasteiger partial charge in [-0.25, -0.2) is 0 Å². The molecule has 0 aliphatic heterocycles. The van der Waals surface area contributed by atoms with Crippen molar-refractivity contribution in [1.29, 1.82) is 0 Å². The Balaban J connectivity index is 2.07. The summed E-state index contributed by atoms with van der Waals surface area (Å²) in [6.07, 6.45) is 9.19. The number of nitrogens with zero attached hydrogens (tertiary/aromatic N) is 1. The molecule has 2 rings (SSSR count). The Bertz CT molecular complexity index is 455. The fourth-order valence-electron chi connectivity index (χ4n) is 3.04. The van der Waals surface area contributed by atoms with Crippen LogP contribution in [0.3, 0.4) is 0 Å². The lowest BCUT2D eigenvalue weighted by Crippen LogP contribution is -2.39. The molecule has 0 saturated heterocycles. The molecule has 1 amide bonds. The first-order valence-electron chi connectivity index (χ1n) is 7.78. The normalized spacial score (nSPS) is 23.4. The number of carbonyl (C=O) groups is 1. The molecule has 20 heavy (non-hydrogen) atoms. The van der Waals surface area contributed by atoms with E-state index in [4.69, 9.17) is 0 Å². The molecule has 1 aromatic heterocycles. The Hall–Kier alpha value is -0.770. The van der Waals surface area contributed by atoms with E-state index in [2.05, 4.69) is 35.1 Å². The Morgan fingerprint density at radius 2 is 2.15 bits per heavy atom. The number of amides is 1. The van der Waals surface area contributed by atoms with Gasteiger partial charge in [-0.2, -0.15) is 0 Å². The number of hydrogen-bond donors (Lipinski definition) is 1. The van der Waals surface area contributed by atoms with Gasteiger partial charge in [0, 0.05) is 23.3 Å². The lowest BCUT2D eigenvalue weighted by Gasteiger charge is -2.23. The van der Waals surface area contributed by atoms with Gasteiger partial charge < -0.3 is 9.88 Å². The number of carbonyl (C=O) groups excluding carboxylic acids is 1.